The number of hydrogen-bond acceptors (Lipinski definition) is 0. The third-order valence-corrected chi connectivity index (χ3v) is 13.0. The van der Waals surface area contributed by atoms with Crippen LogP contribution in [0.15, 0.2) is 66.7 Å². The molecule has 0 atom stereocenters. The maximum Gasteiger partial charge on any atom is 0.126 e. The molecule has 0 spiro atoms. The van der Waals surface area contributed by atoms with Gasteiger partial charge in [-0.25, -0.2) is 4.39 Å². The Labute approximate surface area is 419 Å². The van der Waals surface area contributed by atoms with Crippen LogP contribution in [-0.4, -0.2) is 0 Å². The van der Waals surface area contributed by atoms with E-state index in [0.29, 0.717) is 5.56 Å². The van der Waals surface area contributed by atoms with Gasteiger partial charge < -0.3 is 0 Å². The van der Waals surface area contributed by atoms with Gasteiger partial charge in [0.05, 0.1) is 0 Å². The second kappa shape index (κ2) is 46.7. The Bertz CT molecular complexity index is 1170. The van der Waals surface area contributed by atoms with Gasteiger partial charge in [0, 0.05) is 4.28 Å². The van der Waals surface area contributed by atoms with Crippen molar-refractivity contribution < 1.29 is 8.67 Å². The van der Waals surface area contributed by atoms with E-state index in [4.69, 9.17) is 0 Å². The molecule has 7 rings (SSSR count). The molecule has 394 valence electrons. The molecule has 0 radical (unpaired) electrons. The average molecular weight is 921 g/mol. The van der Waals surface area contributed by atoms with Crippen LogP contribution in [0.1, 0.15) is 255 Å². The Balaban J connectivity index is -0.0000000603. The molecule has 0 saturated heterocycles. The summed E-state index contributed by atoms with van der Waals surface area (Å²) in [7, 11) is 0. The summed E-state index contributed by atoms with van der Waals surface area (Å²) in [5.74, 6) is 8.04. The van der Waals surface area contributed by atoms with E-state index in [-0.39, 0.29) is 69.5 Å². The third kappa shape index (κ3) is 43.9. The van der Waals surface area contributed by atoms with Crippen LogP contribution in [0, 0.1) is 94.7 Å². The first-order chi connectivity index (χ1) is 26.9. The van der Waals surface area contributed by atoms with E-state index < -0.39 is 0 Å². The molecule has 1 heteroatoms. The lowest BCUT2D eigenvalue weighted by Gasteiger charge is -2.22. The molecule has 4 fully saturated rings. The van der Waals surface area contributed by atoms with Gasteiger partial charge in [0.2, 0.25) is 0 Å². The van der Waals surface area contributed by atoms with Crippen LogP contribution >= 0.6 is 0 Å². The number of aryl methyl sites for hydroxylation is 6. The molecule has 0 amide bonds. The van der Waals surface area contributed by atoms with Crippen LogP contribution in [0.4, 0.5) is 4.39 Å². The van der Waals surface area contributed by atoms with E-state index in [9.17, 15) is 4.39 Å². The Morgan fingerprint density at radius 2 is 0.431 bits per heavy atom. The molecule has 4 aliphatic rings. The van der Waals surface area contributed by atoms with Crippen molar-refractivity contribution in [2.75, 3.05) is 0 Å². The Hall–Kier alpha value is -2.41. The van der Waals surface area contributed by atoms with Gasteiger partial charge in [-0.2, -0.15) is 0 Å². The minimum absolute atomic E-state index is 0. The molecule has 0 nitrogen and oxygen atoms in total. The van der Waals surface area contributed by atoms with Gasteiger partial charge in [-0.1, -0.05) is 300 Å². The van der Waals surface area contributed by atoms with Gasteiger partial charge in [-0.3, -0.25) is 0 Å². The summed E-state index contributed by atoms with van der Waals surface area (Å²) < 4.78 is 12.6. The number of benzene rings is 3. The maximum absolute atomic E-state index is 12.6. The Kier molecular flexibility index (Phi) is 57.2. The topological polar surface area (TPSA) is 0 Å². The van der Waals surface area contributed by atoms with Crippen LogP contribution < -0.4 is 0 Å². The minimum atomic E-state index is -0.116. The molecule has 0 N–H and O–H groups in total. The first kappa shape index (κ1) is 79.7. The highest BCUT2D eigenvalue weighted by molar-refractivity contribution is 5.22. The van der Waals surface area contributed by atoms with Gasteiger partial charge >= 0.3 is 0 Å². The van der Waals surface area contributed by atoms with Crippen molar-refractivity contribution >= 4 is 0 Å². The lowest BCUT2D eigenvalue weighted by atomic mass is 9.84. The first-order valence-corrected chi connectivity index (χ1v) is 23.7. The molecule has 0 heterocycles. The zero-order valence-electron chi connectivity index (χ0n) is 40.2. The quantitative estimate of drug-likeness (QED) is 0.211. The zero-order valence-corrected chi connectivity index (χ0v) is 40.2. The van der Waals surface area contributed by atoms with Crippen molar-refractivity contribution in [3.05, 3.63) is 106 Å². The molecule has 0 aromatic heterocycles. The van der Waals surface area contributed by atoms with Crippen molar-refractivity contribution in [3.63, 3.8) is 0 Å². The normalized spacial score (nSPS) is 23.2. The summed E-state index contributed by atoms with van der Waals surface area (Å²) in [6.45, 7) is 31.0. The van der Waals surface area contributed by atoms with Crippen LogP contribution in [0.5, 0.6) is 0 Å². The van der Waals surface area contributed by atoms with Crippen LogP contribution in [0.3, 0.4) is 0 Å². The summed E-state index contributed by atoms with van der Waals surface area (Å²) >= 11 is 0. The molecule has 0 aliphatic heterocycles. The number of hydrogen-bond donors (Lipinski definition) is 0. The summed E-state index contributed by atoms with van der Waals surface area (Å²) in [6, 6.07) is 22.2. The number of rotatable bonds is 0. The van der Waals surface area contributed by atoms with E-state index >= 15 is 0 Å². The fraction of sp³-hybridized carbons (Fsp3) is 0.719. The molecule has 0 unspecified atom stereocenters. The monoisotopic (exact) mass is 920 g/mol. The van der Waals surface area contributed by atoms with Crippen LogP contribution in [-0.2, 0) is 0 Å². The molecule has 4 saturated carbocycles. The maximum atomic E-state index is 12.6. The lowest BCUT2D eigenvalue weighted by Crippen LogP contribution is -2.08. The van der Waals surface area contributed by atoms with Gasteiger partial charge in [-0.15, -0.1) is 0 Å². The average Bonchev–Trinajstić information content (AvgIpc) is 3.19. The molecule has 0 bridgehead atoms. The molecule has 3 aromatic carbocycles. The van der Waals surface area contributed by atoms with Crippen LogP contribution in [0.2, 0.25) is 0 Å². The molecular weight excluding hydrogens is 788 g/mol. The summed E-state index contributed by atoms with van der Waals surface area (Å²) in [5, 5.41) is 0. The van der Waals surface area contributed by atoms with Crippen molar-refractivity contribution in [2.45, 2.75) is 259 Å². The lowest BCUT2D eigenvalue weighted by molar-refractivity contribution is 0.308. The predicted molar refractivity (Wildman–Crippen MR) is 315 cm³/mol. The van der Waals surface area contributed by atoms with Crippen molar-refractivity contribution in [3.8, 4) is 0 Å². The Morgan fingerprint density at radius 3 is 0.554 bits per heavy atom. The highest BCUT2D eigenvalue weighted by atomic mass is 19.1. The second-order valence-corrected chi connectivity index (χ2v) is 20.0. The highest BCUT2D eigenvalue weighted by Crippen LogP contribution is 2.29. The zero-order chi connectivity index (χ0) is 42.8. The largest absolute Gasteiger partial charge is 0.207 e. The second-order valence-electron chi connectivity index (χ2n) is 20.0. The van der Waals surface area contributed by atoms with Crippen LogP contribution in [0.25, 0.3) is 0 Å². The molecule has 65 heavy (non-hydrogen) atoms. The minimum Gasteiger partial charge on any atom is -0.207 e. The fourth-order valence-electron chi connectivity index (χ4n) is 7.68. The van der Waals surface area contributed by atoms with E-state index in [1.807, 2.05) is 13.0 Å². The van der Waals surface area contributed by atoms with E-state index in [1.54, 1.807) is 13.0 Å². The summed E-state index contributed by atoms with van der Waals surface area (Å²) in [4.78, 5) is 0. The third-order valence-electron chi connectivity index (χ3n) is 13.0. The molecular formula is C64H131F. The van der Waals surface area contributed by atoms with Crippen molar-refractivity contribution in [1.82, 2.24) is 0 Å². The highest BCUT2D eigenvalue weighted by Gasteiger charge is 2.15. The Morgan fingerprint density at radius 1 is 0.292 bits per heavy atom. The standard InChI is InChI=1S/C8H9F.4C8H16.2C8H10.8CH4.3H2/c1-6-3-4-7(2)8(9)5-6;6*1-7-3-5-8(2)6-4-7;;;;;;;;;;;/h3-5H,1-2H3;4*7-8H,3-6H2,1-2H3;2*3-6H,1-2H3;8*1H4;3*1H/i;;;;;;;;;;;;;;;1+1;;. The van der Waals surface area contributed by atoms with E-state index in [2.05, 4.69) is 132 Å². The fourth-order valence-corrected chi connectivity index (χ4v) is 7.68. The summed E-state index contributed by atoms with van der Waals surface area (Å²) in [5.41, 5.74) is 7.00. The van der Waals surface area contributed by atoms with E-state index in [1.165, 1.54) is 131 Å². The van der Waals surface area contributed by atoms with Crippen molar-refractivity contribution in [1.29, 1.82) is 0 Å². The van der Waals surface area contributed by atoms with Gasteiger partial charge in [0.1, 0.15) is 5.82 Å². The van der Waals surface area contributed by atoms with Gasteiger partial charge in [0.25, 0.3) is 0 Å². The van der Waals surface area contributed by atoms with Gasteiger partial charge in [-0.05, 0) is 106 Å². The molecule has 4 aliphatic carbocycles. The number of halogens is 1. The van der Waals surface area contributed by atoms with Gasteiger partial charge in [0.15, 0.2) is 0 Å². The van der Waals surface area contributed by atoms with E-state index in [0.717, 1.165) is 52.9 Å². The molecule has 3 aromatic rings. The summed E-state index contributed by atoms with van der Waals surface area (Å²) in [6.07, 6.45) is 23.6. The smallest absolute Gasteiger partial charge is 0.126 e. The first-order valence-electron chi connectivity index (χ1n) is 23.7. The predicted octanol–water partition coefficient (Wildman–Crippen LogP) is 24.2. The SMILES string of the molecule is C.C.C.C.C.C.C.C.CC1CCC(C)CC1.CC1CCC(C)CC1.CC1CCC(C)CC1.CC1CCC(C)CC1.Cc1ccc(C)c(F)c1.Cc1ccc(C)cc1.Cc1ccc(C)cc1.[2HH].[HH].[HH]. The van der Waals surface area contributed by atoms with Crippen molar-refractivity contribution in [2.24, 2.45) is 47.3 Å².